The predicted molar refractivity (Wildman–Crippen MR) is 62.0 cm³/mol. The van der Waals surface area contributed by atoms with E-state index in [-0.39, 0.29) is 30.9 Å². The SMILES string of the molecule is Cc1cccnc1CN1C(=O)CNC(C)C1=O. The Hall–Kier alpha value is -1.75. The molecular formula is C12H15N3O2. The lowest BCUT2D eigenvalue weighted by atomic mass is 10.1. The molecule has 1 N–H and O–H groups in total. The molecule has 1 aliphatic heterocycles. The first-order valence-corrected chi connectivity index (χ1v) is 5.57. The van der Waals surface area contributed by atoms with Crippen LogP contribution in [-0.2, 0) is 16.1 Å². The quantitative estimate of drug-likeness (QED) is 0.743. The van der Waals surface area contributed by atoms with Crippen LogP contribution in [0.3, 0.4) is 0 Å². The van der Waals surface area contributed by atoms with Crippen LogP contribution in [0.2, 0.25) is 0 Å². The van der Waals surface area contributed by atoms with E-state index >= 15 is 0 Å². The Morgan fingerprint density at radius 3 is 3.00 bits per heavy atom. The highest BCUT2D eigenvalue weighted by atomic mass is 16.2. The van der Waals surface area contributed by atoms with Crippen molar-refractivity contribution in [2.75, 3.05) is 6.54 Å². The number of imide groups is 1. The second kappa shape index (κ2) is 4.63. The van der Waals surface area contributed by atoms with E-state index in [0.29, 0.717) is 0 Å². The zero-order valence-corrected chi connectivity index (χ0v) is 9.93. The number of amides is 2. The molecule has 0 saturated carbocycles. The van der Waals surface area contributed by atoms with Gasteiger partial charge in [0.05, 0.1) is 24.8 Å². The predicted octanol–water partition coefficient (Wildman–Crippen LogP) is 0.237. The first kappa shape index (κ1) is 11.7. The molecule has 0 spiro atoms. The second-order valence-electron chi connectivity index (χ2n) is 4.19. The van der Waals surface area contributed by atoms with Gasteiger partial charge in [-0.2, -0.15) is 0 Å². The number of aromatic nitrogens is 1. The Kier molecular flexibility index (Phi) is 3.19. The number of pyridine rings is 1. The molecule has 0 bridgehead atoms. The number of aryl methyl sites for hydroxylation is 1. The van der Waals surface area contributed by atoms with E-state index in [1.807, 2.05) is 19.1 Å². The molecule has 1 aromatic rings. The molecule has 5 heteroatoms. The number of piperazine rings is 1. The fraction of sp³-hybridized carbons (Fsp3) is 0.417. The summed E-state index contributed by atoms with van der Waals surface area (Å²) in [5.74, 6) is -0.385. The lowest BCUT2D eigenvalue weighted by Crippen LogP contribution is -2.56. The van der Waals surface area contributed by atoms with Gasteiger partial charge in [-0.05, 0) is 25.5 Å². The van der Waals surface area contributed by atoms with E-state index in [0.717, 1.165) is 11.3 Å². The van der Waals surface area contributed by atoms with Gasteiger partial charge in [-0.15, -0.1) is 0 Å². The summed E-state index contributed by atoms with van der Waals surface area (Å²) in [6, 6.07) is 3.45. The summed E-state index contributed by atoms with van der Waals surface area (Å²) in [7, 11) is 0. The summed E-state index contributed by atoms with van der Waals surface area (Å²) in [4.78, 5) is 29.0. The third kappa shape index (κ3) is 2.34. The highest BCUT2D eigenvalue weighted by molar-refractivity contribution is 6.00. The third-order valence-electron chi connectivity index (χ3n) is 2.92. The molecule has 1 fully saturated rings. The highest BCUT2D eigenvalue weighted by Gasteiger charge is 2.31. The molecule has 1 atom stereocenters. The Balaban J connectivity index is 2.20. The second-order valence-corrected chi connectivity index (χ2v) is 4.19. The Morgan fingerprint density at radius 1 is 1.53 bits per heavy atom. The number of nitrogens with one attached hydrogen (secondary N) is 1. The van der Waals surface area contributed by atoms with Crippen LogP contribution in [0.15, 0.2) is 18.3 Å². The number of hydrogen-bond acceptors (Lipinski definition) is 4. The number of hydrogen-bond donors (Lipinski definition) is 1. The molecule has 1 unspecified atom stereocenters. The van der Waals surface area contributed by atoms with Gasteiger partial charge in [-0.3, -0.25) is 24.8 Å². The molecule has 2 rings (SSSR count). The van der Waals surface area contributed by atoms with Crippen molar-refractivity contribution in [3.8, 4) is 0 Å². The Labute approximate surface area is 99.8 Å². The normalized spacial score (nSPS) is 20.8. The monoisotopic (exact) mass is 233 g/mol. The van der Waals surface area contributed by atoms with Crippen molar-refractivity contribution in [2.24, 2.45) is 0 Å². The van der Waals surface area contributed by atoms with Gasteiger partial charge >= 0.3 is 0 Å². The molecule has 0 aliphatic carbocycles. The van der Waals surface area contributed by atoms with E-state index in [1.165, 1.54) is 4.90 Å². The van der Waals surface area contributed by atoms with Gasteiger partial charge in [0.2, 0.25) is 11.8 Å². The number of rotatable bonds is 2. The summed E-state index contributed by atoms with van der Waals surface area (Å²) >= 11 is 0. The standard InChI is InChI=1S/C12H15N3O2/c1-8-4-3-5-13-10(8)7-15-11(16)6-14-9(2)12(15)17/h3-5,9,14H,6-7H2,1-2H3. The first-order valence-electron chi connectivity index (χ1n) is 5.57. The summed E-state index contributed by atoms with van der Waals surface area (Å²) in [6.45, 7) is 4.14. The number of nitrogens with zero attached hydrogens (tertiary/aromatic N) is 2. The van der Waals surface area contributed by atoms with Crippen molar-refractivity contribution in [3.05, 3.63) is 29.6 Å². The van der Waals surface area contributed by atoms with Crippen LogP contribution in [0, 0.1) is 6.92 Å². The summed E-state index contributed by atoms with van der Waals surface area (Å²) in [6.07, 6.45) is 1.67. The molecule has 0 radical (unpaired) electrons. The summed E-state index contributed by atoms with van der Waals surface area (Å²) < 4.78 is 0. The molecule has 0 aromatic carbocycles. The molecule has 1 aliphatic rings. The van der Waals surface area contributed by atoms with Crippen molar-refractivity contribution < 1.29 is 9.59 Å². The lowest BCUT2D eigenvalue weighted by molar-refractivity contribution is -0.149. The molecule has 17 heavy (non-hydrogen) atoms. The van der Waals surface area contributed by atoms with Gasteiger partial charge in [0, 0.05) is 6.20 Å². The van der Waals surface area contributed by atoms with E-state index in [4.69, 9.17) is 0 Å². The zero-order chi connectivity index (χ0) is 12.4. The van der Waals surface area contributed by atoms with Gasteiger partial charge in [-0.25, -0.2) is 0 Å². The topological polar surface area (TPSA) is 62.3 Å². The first-order chi connectivity index (χ1) is 8.09. The third-order valence-corrected chi connectivity index (χ3v) is 2.92. The van der Waals surface area contributed by atoms with Crippen molar-refractivity contribution in [1.29, 1.82) is 0 Å². The average molecular weight is 233 g/mol. The van der Waals surface area contributed by atoms with Crippen LogP contribution in [0.4, 0.5) is 0 Å². The van der Waals surface area contributed by atoms with Crippen LogP contribution in [0.1, 0.15) is 18.2 Å². The van der Waals surface area contributed by atoms with E-state index in [2.05, 4.69) is 10.3 Å². The van der Waals surface area contributed by atoms with E-state index < -0.39 is 0 Å². The number of carbonyl (C=O) groups is 2. The van der Waals surface area contributed by atoms with Gasteiger partial charge in [0.15, 0.2) is 0 Å². The average Bonchev–Trinajstić information content (AvgIpc) is 2.32. The van der Waals surface area contributed by atoms with Crippen LogP contribution < -0.4 is 5.32 Å². The smallest absolute Gasteiger partial charge is 0.246 e. The van der Waals surface area contributed by atoms with Crippen LogP contribution in [-0.4, -0.2) is 34.3 Å². The lowest BCUT2D eigenvalue weighted by Gasteiger charge is -2.29. The molecule has 1 aromatic heterocycles. The van der Waals surface area contributed by atoms with Crippen molar-refractivity contribution >= 4 is 11.8 Å². The Bertz CT molecular complexity index is 459. The molecular weight excluding hydrogens is 218 g/mol. The minimum absolute atomic E-state index is 0.189. The molecule has 1 saturated heterocycles. The minimum atomic E-state index is -0.309. The molecule has 2 heterocycles. The maximum Gasteiger partial charge on any atom is 0.246 e. The molecule has 90 valence electrons. The Morgan fingerprint density at radius 2 is 2.29 bits per heavy atom. The van der Waals surface area contributed by atoms with Gasteiger partial charge in [0.1, 0.15) is 0 Å². The van der Waals surface area contributed by atoms with Crippen LogP contribution in [0.25, 0.3) is 0 Å². The van der Waals surface area contributed by atoms with E-state index in [9.17, 15) is 9.59 Å². The minimum Gasteiger partial charge on any atom is -0.298 e. The van der Waals surface area contributed by atoms with Gasteiger partial charge in [0.25, 0.3) is 0 Å². The largest absolute Gasteiger partial charge is 0.298 e. The van der Waals surface area contributed by atoms with Gasteiger partial charge in [-0.1, -0.05) is 6.07 Å². The van der Waals surface area contributed by atoms with E-state index in [1.54, 1.807) is 13.1 Å². The summed E-state index contributed by atoms with van der Waals surface area (Å²) in [5, 5.41) is 2.85. The fourth-order valence-electron chi connectivity index (χ4n) is 1.78. The molecule has 5 nitrogen and oxygen atoms in total. The van der Waals surface area contributed by atoms with Crippen LogP contribution >= 0.6 is 0 Å². The summed E-state index contributed by atoms with van der Waals surface area (Å²) in [5.41, 5.74) is 1.75. The van der Waals surface area contributed by atoms with Crippen molar-refractivity contribution in [3.63, 3.8) is 0 Å². The zero-order valence-electron chi connectivity index (χ0n) is 9.93. The maximum absolute atomic E-state index is 11.9. The number of carbonyl (C=O) groups excluding carboxylic acids is 2. The molecule has 2 amide bonds. The van der Waals surface area contributed by atoms with Gasteiger partial charge < -0.3 is 0 Å². The van der Waals surface area contributed by atoms with Crippen molar-refractivity contribution in [1.82, 2.24) is 15.2 Å². The highest BCUT2D eigenvalue weighted by Crippen LogP contribution is 2.11. The van der Waals surface area contributed by atoms with Crippen molar-refractivity contribution in [2.45, 2.75) is 26.4 Å². The fourth-order valence-corrected chi connectivity index (χ4v) is 1.78. The maximum atomic E-state index is 11.9. The van der Waals surface area contributed by atoms with Crippen LogP contribution in [0.5, 0.6) is 0 Å².